The molecule has 0 aromatic heterocycles. The first kappa shape index (κ1) is 17.1. The van der Waals surface area contributed by atoms with Gasteiger partial charge in [0.15, 0.2) is 12.1 Å². The van der Waals surface area contributed by atoms with Gasteiger partial charge in [-0.2, -0.15) is 0 Å². The van der Waals surface area contributed by atoms with Gasteiger partial charge in [-0.3, -0.25) is 4.79 Å². The maximum Gasteiger partial charge on any atom is 0.223 e. The molecule has 7 heteroatoms. The Morgan fingerprint density at radius 2 is 1.96 bits per heavy atom. The Bertz CT molecular complexity index is 436. The molecule has 23 heavy (non-hydrogen) atoms. The van der Waals surface area contributed by atoms with E-state index in [-0.39, 0.29) is 11.8 Å². The number of carbonyl (C=O) groups excluding carboxylic acids is 1. The molecule has 2 heterocycles. The summed E-state index contributed by atoms with van der Waals surface area (Å²) in [6.07, 6.45) is 2.15. The normalized spacial score (nSPS) is 38.3. The molecule has 3 N–H and O–H groups in total. The van der Waals surface area contributed by atoms with Crippen molar-refractivity contribution < 1.29 is 29.2 Å². The molecule has 1 saturated carbocycles. The summed E-state index contributed by atoms with van der Waals surface area (Å²) in [5.41, 5.74) is 0. The number of carbonyl (C=O) groups is 1. The summed E-state index contributed by atoms with van der Waals surface area (Å²) in [5, 5.41) is 22.2. The standard InChI is InChI=1S/C16H27NO6/c1-16(2)22-13-11(12(10(19)8-18)21-15(13)23-16)17-14(20)9-6-4-3-5-7-9/h9-13,15,18-19H,3-8H2,1-2H3,(H,17,20)/t10-,11+,12-,13-,15-/m1/s1. The Morgan fingerprint density at radius 1 is 1.26 bits per heavy atom. The lowest BCUT2D eigenvalue weighted by Gasteiger charge is -2.30. The van der Waals surface area contributed by atoms with Gasteiger partial charge >= 0.3 is 0 Å². The van der Waals surface area contributed by atoms with E-state index in [0.717, 1.165) is 25.7 Å². The lowest BCUT2D eigenvalue weighted by atomic mass is 9.88. The van der Waals surface area contributed by atoms with Gasteiger partial charge in [-0.1, -0.05) is 19.3 Å². The number of nitrogens with one attached hydrogen (secondary N) is 1. The highest BCUT2D eigenvalue weighted by Crippen LogP contribution is 2.38. The van der Waals surface area contributed by atoms with Crippen LogP contribution in [0.25, 0.3) is 0 Å². The highest BCUT2D eigenvalue weighted by Gasteiger charge is 2.56. The van der Waals surface area contributed by atoms with Gasteiger partial charge in [0.2, 0.25) is 5.91 Å². The molecule has 3 fully saturated rings. The van der Waals surface area contributed by atoms with Crippen LogP contribution < -0.4 is 5.32 Å². The van der Waals surface area contributed by atoms with Crippen molar-refractivity contribution in [3.05, 3.63) is 0 Å². The summed E-state index contributed by atoms with van der Waals surface area (Å²) in [7, 11) is 0. The third kappa shape index (κ3) is 3.53. The van der Waals surface area contributed by atoms with Crippen molar-refractivity contribution in [3.63, 3.8) is 0 Å². The van der Waals surface area contributed by atoms with Crippen molar-refractivity contribution in [3.8, 4) is 0 Å². The summed E-state index contributed by atoms with van der Waals surface area (Å²) in [5.74, 6) is -0.814. The van der Waals surface area contributed by atoms with Crippen LogP contribution in [0.5, 0.6) is 0 Å². The number of hydrogen-bond acceptors (Lipinski definition) is 6. The Balaban J connectivity index is 1.70. The molecule has 0 aromatic rings. The zero-order valence-corrected chi connectivity index (χ0v) is 13.7. The molecule has 0 spiro atoms. The fourth-order valence-corrected chi connectivity index (χ4v) is 3.78. The van der Waals surface area contributed by atoms with Crippen LogP contribution in [0.1, 0.15) is 46.0 Å². The first-order chi connectivity index (χ1) is 10.9. The molecule has 0 bridgehead atoms. The molecule has 0 aromatic carbocycles. The number of ether oxygens (including phenoxy) is 3. The second kappa shape index (κ2) is 6.64. The van der Waals surface area contributed by atoms with E-state index in [1.807, 2.05) is 0 Å². The number of aliphatic hydroxyl groups excluding tert-OH is 2. The summed E-state index contributed by atoms with van der Waals surface area (Å²) in [6, 6.07) is -0.529. The summed E-state index contributed by atoms with van der Waals surface area (Å²) in [4.78, 5) is 12.6. The van der Waals surface area contributed by atoms with E-state index in [0.29, 0.717) is 0 Å². The van der Waals surface area contributed by atoms with Gasteiger partial charge in [0, 0.05) is 5.92 Å². The first-order valence-corrected chi connectivity index (χ1v) is 8.52. The van der Waals surface area contributed by atoms with Gasteiger partial charge in [0.1, 0.15) is 18.3 Å². The molecule has 0 unspecified atom stereocenters. The van der Waals surface area contributed by atoms with Gasteiger partial charge in [0.05, 0.1) is 12.6 Å². The van der Waals surface area contributed by atoms with Crippen LogP contribution in [-0.4, -0.2) is 59.2 Å². The fraction of sp³-hybridized carbons (Fsp3) is 0.938. The number of aliphatic hydroxyl groups is 2. The van der Waals surface area contributed by atoms with E-state index in [9.17, 15) is 15.0 Å². The van der Waals surface area contributed by atoms with Crippen LogP contribution in [0, 0.1) is 5.92 Å². The molecule has 0 radical (unpaired) electrons. The van der Waals surface area contributed by atoms with Crippen molar-refractivity contribution >= 4 is 5.91 Å². The quantitative estimate of drug-likeness (QED) is 0.685. The summed E-state index contributed by atoms with van der Waals surface area (Å²) < 4.78 is 17.2. The Kier molecular flexibility index (Phi) is 4.94. The van der Waals surface area contributed by atoms with Crippen LogP contribution in [0.4, 0.5) is 0 Å². The van der Waals surface area contributed by atoms with Gasteiger partial charge < -0.3 is 29.7 Å². The van der Waals surface area contributed by atoms with E-state index in [2.05, 4.69) is 5.32 Å². The third-order valence-corrected chi connectivity index (χ3v) is 4.94. The highest BCUT2D eigenvalue weighted by atomic mass is 16.8. The molecule has 3 aliphatic rings. The number of amides is 1. The largest absolute Gasteiger partial charge is 0.394 e. The molecular weight excluding hydrogens is 302 g/mol. The minimum atomic E-state index is -1.09. The van der Waals surface area contributed by atoms with E-state index in [1.54, 1.807) is 13.8 Å². The van der Waals surface area contributed by atoms with E-state index in [4.69, 9.17) is 14.2 Å². The van der Waals surface area contributed by atoms with Crippen LogP contribution in [0.15, 0.2) is 0 Å². The van der Waals surface area contributed by atoms with Crippen LogP contribution in [0.3, 0.4) is 0 Å². The lowest BCUT2D eigenvalue weighted by Crippen LogP contribution is -2.53. The molecule has 3 rings (SSSR count). The van der Waals surface area contributed by atoms with Crippen LogP contribution >= 0.6 is 0 Å². The maximum absolute atomic E-state index is 12.6. The fourth-order valence-electron chi connectivity index (χ4n) is 3.78. The average Bonchev–Trinajstić information content (AvgIpc) is 3.00. The molecule has 132 valence electrons. The molecule has 1 amide bonds. The van der Waals surface area contributed by atoms with Crippen LogP contribution in [0.2, 0.25) is 0 Å². The molecule has 5 atom stereocenters. The molecular formula is C16H27NO6. The van der Waals surface area contributed by atoms with E-state index in [1.165, 1.54) is 6.42 Å². The van der Waals surface area contributed by atoms with E-state index >= 15 is 0 Å². The topological polar surface area (TPSA) is 97.3 Å². The maximum atomic E-state index is 12.6. The van der Waals surface area contributed by atoms with Gasteiger partial charge in [-0.25, -0.2) is 0 Å². The molecule has 1 aliphatic carbocycles. The van der Waals surface area contributed by atoms with Crippen LogP contribution in [-0.2, 0) is 19.0 Å². The second-order valence-electron chi connectivity index (χ2n) is 7.19. The predicted octanol–water partition coefficient (Wildman–Crippen LogP) is 0.281. The summed E-state index contributed by atoms with van der Waals surface area (Å²) in [6.45, 7) is 3.13. The van der Waals surface area contributed by atoms with Crippen molar-refractivity contribution in [2.45, 2.75) is 82.4 Å². The van der Waals surface area contributed by atoms with E-state index < -0.39 is 43.0 Å². The Hall–Kier alpha value is -0.730. The zero-order valence-electron chi connectivity index (χ0n) is 13.7. The highest BCUT2D eigenvalue weighted by molar-refractivity contribution is 5.79. The molecule has 7 nitrogen and oxygen atoms in total. The Labute approximate surface area is 136 Å². The zero-order chi connectivity index (χ0) is 16.6. The second-order valence-corrected chi connectivity index (χ2v) is 7.19. The number of fused-ring (bicyclic) bond motifs is 1. The average molecular weight is 329 g/mol. The summed E-state index contributed by atoms with van der Waals surface area (Å²) >= 11 is 0. The smallest absolute Gasteiger partial charge is 0.223 e. The molecule has 2 aliphatic heterocycles. The van der Waals surface area contributed by atoms with Crippen molar-refractivity contribution in [1.29, 1.82) is 0 Å². The van der Waals surface area contributed by atoms with Gasteiger partial charge in [-0.05, 0) is 26.7 Å². The monoisotopic (exact) mass is 329 g/mol. The predicted molar refractivity (Wildman–Crippen MR) is 80.3 cm³/mol. The third-order valence-electron chi connectivity index (χ3n) is 4.94. The van der Waals surface area contributed by atoms with Crippen molar-refractivity contribution in [2.24, 2.45) is 5.92 Å². The van der Waals surface area contributed by atoms with Gasteiger partial charge in [-0.15, -0.1) is 0 Å². The Morgan fingerprint density at radius 3 is 2.61 bits per heavy atom. The first-order valence-electron chi connectivity index (χ1n) is 8.52. The van der Waals surface area contributed by atoms with Gasteiger partial charge in [0.25, 0.3) is 0 Å². The van der Waals surface area contributed by atoms with Crippen molar-refractivity contribution in [1.82, 2.24) is 5.32 Å². The molecule has 2 saturated heterocycles. The number of hydrogen-bond donors (Lipinski definition) is 3. The SMILES string of the molecule is CC1(C)O[C@H]2O[C@H]([C@H](O)CO)[C@H](NC(=O)C3CCCCC3)[C@H]2O1. The lowest BCUT2D eigenvalue weighted by molar-refractivity contribution is -0.218. The number of rotatable bonds is 4. The van der Waals surface area contributed by atoms with Crippen molar-refractivity contribution in [2.75, 3.05) is 6.61 Å². The minimum Gasteiger partial charge on any atom is -0.394 e. The minimum absolute atomic E-state index is 0.00468.